The summed E-state index contributed by atoms with van der Waals surface area (Å²) >= 11 is 0. The van der Waals surface area contributed by atoms with Gasteiger partial charge in [0.1, 0.15) is 10.7 Å². The fourth-order valence-electron chi connectivity index (χ4n) is 2.79. The van der Waals surface area contributed by atoms with Crippen LogP contribution in [0.3, 0.4) is 0 Å². The molecule has 1 aromatic rings. The van der Waals surface area contributed by atoms with Gasteiger partial charge in [-0.1, -0.05) is 13.0 Å². The molecule has 0 bridgehead atoms. The van der Waals surface area contributed by atoms with Gasteiger partial charge in [0, 0.05) is 19.1 Å². The Morgan fingerprint density at radius 3 is 2.71 bits per heavy atom. The van der Waals surface area contributed by atoms with E-state index >= 15 is 0 Å². The van der Waals surface area contributed by atoms with Crippen molar-refractivity contribution in [1.29, 1.82) is 0 Å². The van der Waals surface area contributed by atoms with Crippen molar-refractivity contribution in [2.75, 3.05) is 32.4 Å². The third kappa shape index (κ3) is 3.20. The van der Waals surface area contributed by atoms with Gasteiger partial charge in [0.05, 0.1) is 5.69 Å². The van der Waals surface area contributed by atoms with Gasteiger partial charge in [0.25, 0.3) is 0 Å². The number of nitrogen functional groups attached to an aromatic ring is 1. The lowest BCUT2D eigenvalue weighted by molar-refractivity contribution is 0.270. The van der Waals surface area contributed by atoms with E-state index in [4.69, 9.17) is 5.73 Å². The molecular formula is C14H22FN3O2S. The van der Waals surface area contributed by atoms with Crippen molar-refractivity contribution in [2.24, 2.45) is 0 Å². The number of rotatable bonds is 3. The second-order valence-corrected chi connectivity index (χ2v) is 7.28. The van der Waals surface area contributed by atoms with Crippen LogP contribution >= 0.6 is 0 Å². The molecule has 0 radical (unpaired) electrons. The summed E-state index contributed by atoms with van der Waals surface area (Å²) in [5.74, 6) is -0.789. The topological polar surface area (TPSA) is 66.6 Å². The van der Waals surface area contributed by atoms with E-state index in [0.717, 1.165) is 19.0 Å². The average molecular weight is 315 g/mol. The smallest absolute Gasteiger partial charge is 0.248 e. The highest BCUT2D eigenvalue weighted by molar-refractivity contribution is 7.89. The van der Waals surface area contributed by atoms with E-state index in [1.165, 1.54) is 16.4 Å². The molecule has 2 N–H and O–H groups in total. The van der Waals surface area contributed by atoms with E-state index < -0.39 is 20.7 Å². The van der Waals surface area contributed by atoms with Crippen LogP contribution in [-0.4, -0.2) is 50.3 Å². The van der Waals surface area contributed by atoms with E-state index in [2.05, 4.69) is 4.90 Å². The van der Waals surface area contributed by atoms with Crippen LogP contribution in [0.5, 0.6) is 0 Å². The van der Waals surface area contributed by atoms with Crippen molar-refractivity contribution in [3.8, 4) is 0 Å². The predicted octanol–water partition coefficient (Wildman–Crippen LogP) is 1.51. The zero-order chi connectivity index (χ0) is 15.6. The van der Waals surface area contributed by atoms with E-state index in [-0.39, 0.29) is 11.7 Å². The van der Waals surface area contributed by atoms with Crippen LogP contribution in [0.4, 0.5) is 10.1 Å². The molecule has 0 aliphatic carbocycles. The summed E-state index contributed by atoms with van der Waals surface area (Å²) in [5.41, 5.74) is 5.67. The van der Waals surface area contributed by atoms with E-state index in [1.807, 2.05) is 14.0 Å². The van der Waals surface area contributed by atoms with Crippen molar-refractivity contribution >= 4 is 15.7 Å². The Kier molecular flexibility index (Phi) is 4.85. The van der Waals surface area contributed by atoms with Crippen molar-refractivity contribution in [2.45, 2.75) is 30.7 Å². The van der Waals surface area contributed by atoms with Crippen molar-refractivity contribution in [3.63, 3.8) is 0 Å². The molecule has 2 rings (SSSR count). The first kappa shape index (κ1) is 16.2. The fraction of sp³-hybridized carbons (Fsp3) is 0.571. The fourth-order valence-corrected chi connectivity index (χ4v) is 4.68. The highest BCUT2D eigenvalue weighted by atomic mass is 32.2. The zero-order valence-electron chi connectivity index (χ0n) is 12.4. The maximum Gasteiger partial charge on any atom is 0.248 e. The third-order valence-corrected chi connectivity index (χ3v) is 5.93. The number of likely N-dealkylation sites (N-methyl/N-ethyl adjacent to an activating group) is 1. The molecule has 5 nitrogen and oxygen atoms in total. The molecule has 7 heteroatoms. The minimum atomic E-state index is -3.92. The lowest BCUT2D eigenvalue weighted by Gasteiger charge is -2.29. The molecule has 1 heterocycles. The lowest BCUT2D eigenvalue weighted by atomic mass is 10.2. The normalized spacial score (nSPS) is 22.1. The van der Waals surface area contributed by atoms with Crippen LogP contribution in [0, 0.1) is 5.82 Å². The summed E-state index contributed by atoms with van der Waals surface area (Å²) in [7, 11) is -1.96. The molecule has 0 aromatic heterocycles. The maximum atomic E-state index is 14.0. The van der Waals surface area contributed by atoms with Gasteiger partial charge in [-0.15, -0.1) is 0 Å². The largest absolute Gasteiger partial charge is 0.398 e. The second kappa shape index (κ2) is 6.29. The summed E-state index contributed by atoms with van der Waals surface area (Å²) in [5, 5.41) is 0. The molecule has 1 aromatic carbocycles. The third-order valence-electron chi connectivity index (χ3n) is 3.88. The van der Waals surface area contributed by atoms with Crippen LogP contribution in [0.2, 0.25) is 0 Å². The van der Waals surface area contributed by atoms with Crippen LogP contribution in [0.1, 0.15) is 19.8 Å². The van der Waals surface area contributed by atoms with Crippen molar-refractivity contribution in [1.82, 2.24) is 9.21 Å². The van der Waals surface area contributed by atoms with E-state index in [0.29, 0.717) is 19.5 Å². The van der Waals surface area contributed by atoms with Gasteiger partial charge in [0.2, 0.25) is 10.0 Å². The molecule has 0 spiro atoms. The number of hydrogen-bond donors (Lipinski definition) is 1. The highest BCUT2D eigenvalue weighted by Gasteiger charge is 2.35. The van der Waals surface area contributed by atoms with Gasteiger partial charge >= 0.3 is 0 Å². The van der Waals surface area contributed by atoms with Gasteiger partial charge in [-0.3, -0.25) is 0 Å². The number of hydrogen-bond acceptors (Lipinski definition) is 4. The van der Waals surface area contributed by atoms with Gasteiger partial charge < -0.3 is 10.6 Å². The molecule has 118 valence electrons. The minimum Gasteiger partial charge on any atom is -0.398 e. The molecule has 1 aliphatic heterocycles. The number of nitrogens with two attached hydrogens (primary N) is 1. The molecule has 0 amide bonds. The summed E-state index contributed by atoms with van der Waals surface area (Å²) in [6.07, 6.45) is 1.40. The molecule has 1 unspecified atom stereocenters. The number of anilines is 1. The van der Waals surface area contributed by atoms with Gasteiger partial charge in [0.15, 0.2) is 0 Å². The average Bonchev–Trinajstić information content (AvgIpc) is 2.60. The number of nitrogens with zero attached hydrogens (tertiary/aromatic N) is 2. The second-order valence-electron chi connectivity index (χ2n) is 5.45. The molecule has 0 saturated carbocycles. The Balaban J connectivity index is 2.46. The number of sulfonamides is 1. The minimum absolute atomic E-state index is 0.0394. The number of benzene rings is 1. The Labute approximate surface area is 125 Å². The van der Waals surface area contributed by atoms with Crippen LogP contribution < -0.4 is 5.73 Å². The monoisotopic (exact) mass is 315 g/mol. The van der Waals surface area contributed by atoms with E-state index in [9.17, 15) is 12.8 Å². The molecule has 1 aliphatic rings. The number of halogens is 1. The van der Waals surface area contributed by atoms with Crippen LogP contribution in [0.15, 0.2) is 23.1 Å². The van der Waals surface area contributed by atoms with Gasteiger partial charge in [-0.05, 0) is 38.6 Å². The van der Waals surface area contributed by atoms with Gasteiger partial charge in [-0.25, -0.2) is 12.8 Å². The Hall–Kier alpha value is -1.18. The van der Waals surface area contributed by atoms with Crippen LogP contribution in [0.25, 0.3) is 0 Å². The maximum absolute atomic E-state index is 14.0. The first-order valence-corrected chi connectivity index (χ1v) is 8.56. The standard InChI is InChI=1S/C14H22FN3O2S/c1-3-11-10-17(2)8-5-9-18(11)21(19,20)14-12(15)6-4-7-13(14)16/h4,6-7,11H,3,5,8-10,16H2,1-2H3. The molecule has 1 fully saturated rings. The van der Waals surface area contributed by atoms with Crippen molar-refractivity contribution < 1.29 is 12.8 Å². The molecular weight excluding hydrogens is 293 g/mol. The zero-order valence-corrected chi connectivity index (χ0v) is 13.2. The summed E-state index contributed by atoms with van der Waals surface area (Å²) < 4.78 is 41.1. The summed E-state index contributed by atoms with van der Waals surface area (Å²) in [6, 6.07) is 3.80. The Bertz CT molecular complexity index is 586. The first-order valence-electron chi connectivity index (χ1n) is 7.12. The van der Waals surface area contributed by atoms with Crippen molar-refractivity contribution in [3.05, 3.63) is 24.0 Å². The summed E-state index contributed by atoms with van der Waals surface area (Å²) in [4.78, 5) is 1.71. The van der Waals surface area contributed by atoms with Gasteiger partial charge in [-0.2, -0.15) is 4.31 Å². The SMILES string of the molecule is CCC1CN(C)CCCN1S(=O)(=O)c1c(N)cccc1F. The molecule has 1 saturated heterocycles. The quantitative estimate of drug-likeness (QED) is 0.859. The van der Waals surface area contributed by atoms with E-state index in [1.54, 1.807) is 0 Å². The molecule has 1 atom stereocenters. The van der Waals surface area contributed by atoms with Crippen LogP contribution in [-0.2, 0) is 10.0 Å². The lowest BCUT2D eigenvalue weighted by Crippen LogP contribution is -2.43. The highest BCUT2D eigenvalue weighted by Crippen LogP contribution is 2.28. The Morgan fingerprint density at radius 2 is 2.10 bits per heavy atom. The first-order chi connectivity index (χ1) is 9.87. The Morgan fingerprint density at radius 1 is 1.38 bits per heavy atom. The molecule has 21 heavy (non-hydrogen) atoms. The predicted molar refractivity (Wildman–Crippen MR) is 80.9 cm³/mol. The summed E-state index contributed by atoms with van der Waals surface area (Å²) in [6.45, 7) is 3.80.